The quantitative estimate of drug-likeness (QED) is 0.399. The number of piperazine rings is 1. The number of carbonyl (C=O) groups excluding carboxylic acids is 4. The minimum atomic E-state index is -0.960. The van der Waals surface area contributed by atoms with Crippen LogP contribution < -0.4 is 5.32 Å². The van der Waals surface area contributed by atoms with E-state index in [-0.39, 0.29) is 18.5 Å². The summed E-state index contributed by atoms with van der Waals surface area (Å²) in [6, 6.07) is -0.778. The van der Waals surface area contributed by atoms with Gasteiger partial charge in [-0.1, -0.05) is 6.08 Å². The van der Waals surface area contributed by atoms with Crippen LogP contribution in [-0.4, -0.2) is 77.2 Å². The highest BCUT2D eigenvalue weighted by Crippen LogP contribution is 2.13. The molecule has 8 heteroatoms. The smallest absolute Gasteiger partial charge is 0.335 e. The molecule has 5 amide bonds. The fraction of sp³-hybridized carbons (Fsp3) is 0.538. The van der Waals surface area contributed by atoms with Crippen LogP contribution in [0.3, 0.4) is 0 Å². The lowest BCUT2D eigenvalue weighted by atomic mass is 10.2. The summed E-state index contributed by atoms with van der Waals surface area (Å²) in [5, 5.41) is 3.15. The second kappa shape index (κ2) is 6.04. The van der Waals surface area contributed by atoms with E-state index in [1.54, 1.807) is 4.90 Å². The van der Waals surface area contributed by atoms with Gasteiger partial charge in [0.05, 0.1) is 0 Å². The molecule has 114 valence electrons. The number of amides is 5. The number of hydrogen-bond acceptors (Lipinski definition) is 5. The molecular formula is C13H18N4O4. The lowest BCUT2D eigenvalue weighted by molar-refractivity contribution is -0.145. The maximum atomic E-state index is 12.2. The van der Waals surface area contributed by atoms with Gasteiger partial charge in [-0.2, -0.15) is 0 Å². The Balaban J connectivity index is 2.06. The molecule has 2 saturated heterocycles. The summed E-state index contributed by atoms with van der Waals surface area (Å²) >= 11 is 0. The van der Waals surface area contributed by atoms with Crippen molar-refractivity contribution in [3.63, 3.8) is 0 Å². The Morgan fingerprint density at radius 2 is 2.00 bits per heavy atom. The van der Waals surface area contributed by atoms with Crippen LogP contribution >= 0.6 is 0 Å². The molecule has 1 atom stereocenters. The minimum absolute atomic E-state index is 0.0148. The van der Waals surface area contributed by atoms with Crippen LogP contribution in [0.4, 0.5) is 4.79 Å². The summed E-state index contributed by atoms with van der Waals surface area (Å²) in [4.78, 5) is 50.8. The lowest BCUT2D eigenvalue weighted by Crippen LogP contribution is -2.55. The number of imide groups is 2. The molecule has 2 rings (SSSR count). The Labute approximate surface area is 122 Å². The lowest BCUT2D eigenvalue weighted by Gasteiger charge is -2.34. The van der Waals surface area contributed by atoms with Crippen molar-refractivity contribution in [3.05, 3.63) is 12.7 Å². The van der Waals surface area contributed by atoms with E-state index in [9.17, 15) is 19.2 Å². The summed E-state index contributed by atoms with van der Waals surface area (Å²) in [5.74, 6) is -2.21. The molecular weight excluding hydrogens is 276 g/mol. The topological polar surface area (TPSA) is 90.0 Å². The third-order valence-electron chi connectivity index (χ3n) is 3.56. The van der Waals surface area contributed by atoms with E-state index in [2.05, 4.69) is 11.9 Å². The Morgan fingerprint density at radius 3 is 2.62 bits per heavy atom. The van der Waals surface area contributed by atoms with Gasteiger partial charge < -0.3 is 10.2 Å². The first-order valence-corrected chi connectivity index (χ1v) is 6.75. The number of nitrogens with zero attached hydrogens (tertiary/aromatic N) is 3. The van der Waals surface area contributed by atoms with Crippen molar-refractivity contribution >= 4 is 23.8 Å². The van der Waals surface area contributed by atoms with E-state index < -0.39 is 24.4 Å². The van der Waals surface area contributed by atoms with Gasteiger partial charge in [-0.25, -0.2) is 9.69 Å². The maximum absolute atomic E-state index is 12.2. The van der Waals surface area contributed by atoms with Gasteiger partial charge in [0.25, 0.3) is 0 Å². The fourth-order valence-electron chi connectivity index (χ4n) is 2.42. The number of rotatable bonds is 4. The predicted molar refractivity (Wildman–Crippen MR) is 73.1 cm³/mol. The molecule has 1 N–H and O–H groups in total. The number of hydrogen-bond donors (Lipinski definition) is 1. The molecule has 8 nitrogen and oxygen atoms in total. The second-order valence-corrected chi connectivity index (χ2v) is 5.02. The van der Waals surface area contributed by atoms with Gasteiger partial charge in [-0.15, -0.1) is 6.58 Å². The van der Waals surface area contributed by atoms with Gasteiger partial charge in [0.2, 0.25) is 5.91 Å². The third-order valence-corrected chi connectivity index (χ3v) is 3.56. The van der Waals surface area contributed by atoms with Crippen LogP contribution in [0, 0.1) is 0 Å². The molecule has 21 heavy (non-hydrogen) atoms. The first kappa shape index (κ1) is 15.2. The van der Waals surface area contributed by atoms with E-state index in [1.165, 1.54) is 6.08 Å². The van der Waals surface area contributed by atoms with Crippen LogP contribution in [0.1, 0.15) is 6.92 Å². The van der Waals surface area contributed by atoms with Crippen molar-refractivity contribution in [3.8, 4) is 0 Å². The predicted octanol–water partition coefficient (Wildman–Crippen LogP) is -1.22. The molecule has 0 aliphatic carbocycles. The molecule has 0 spiro atoms. The Hall–Kier alpha value is -2.22. The molecule has 2 aliphatic rings. The monoisotopic (exact) mass is 294 g/mol. The van der Waals surface area contributed by atoms with Crippen molar-refractivity contribution in [1.82, 2.24) is 20.0 Å². The zero-order valence-corrected chi connectivity index (χ0v) is 11.9. The Morgan fingerprint density at radius 1 is 1.33 bits per heavy atom. The largest absolute Gasteiger partial charge is 0.336 e. The van der Waals surface area contributed by atoms with Gasteiger partial charge in [0.15, 0.2) is 0 Å². The molecule has 0 radical (unpaired) electrons. The summed E-state index contributed by atoms with van der Waals surface area (Å²) in [5.41, 5.74) is 0. The van der Waals surface area contributed by atoms with Crippen molar-refractivity contribution in [1.29, 1.82) is 0 Å². The summed E-state index contributed by atoms with van der Waals surface area (Å²) in [6.07, 6.45) is 1.35. The van der Waals surface area contributed by atoms with E-state index in [1.807, 2.05) is 6.92 Å². The molecule has 0 aromatic carbocycles. The molecule has 2 heterocycles. The van der Waals surface area contributed by atoms with Crippen molar-refractivity contribution in [2.75, 3.05) is 32.7 Å². The molecule has 0 aromatic heterocycles. The highest BCUT2D eigenvalue weighted by atomic mass is 16.2. The summed E-state index contributed by atoms with van der Waals surface area (Å²) < 4.78 is 0. The summed E-state index contributed by atoms with van der Waals surface area (Å²) in [6.45, 7) is 6.71. The molecule has 0 saturated carbocycles. The highest BCUT2D eigenvalue weighted by Gasteiger charge is 2.45. The van der Waals surface area contributed by atoms with Crippen LogP contribution in [-0.2, 0) is 14.4 Å². The van der Waals surface area contributed by atoms with Crippen molar-refractivity contribution < 1.29 is 19.2 Å². The van der Waals surface area contributed by atoms with Gasteiger partial charge >= 0.3 is 17.8 Å². The fourth-order valence-corrected chi connectivity index (χ4v) is 2.42. The highest BCUT2D eigenvalue weighted by molar-refractivity contribution is 6.45. The van der Waals surface area contributed by atoms with Crippen molar-refractivity contribution in [2.45, 2.75) is 13.0 Å². The standard InChI is InChI=1S/C13H18N4O4/c1-3-5-16-11(19)12(20)17(13(16)21)8-10(18)15-6-4-14-7-9(15)2/h3,9,14H,1,4-8H2,2H3. The second-order valence-electron chi connectivity index (χ2n) is 5.02. The zero-order valence-electron chi connectivity index (χ0n) is 11.9. The van der Waals surface area contributed by atoms with Gasteiger partial charge in [-0.3, -0.25) is 19.3 Å². The number of nitrogens with one attached hydrogen (secondary N) is 1. The maximum Gasteiger partial charge on any atom is 0.335 e. The van der Waals surface area contributed by atoms with E-state index in [0.29, 0.717) is 24.5 Å². The first-order valence-electron chi connectivity index (χ1n) is 6.75. The molecule has 0 bridgehead atoms. The molecule has 2 fully saturated rings. The number of urea groups is 1. The van der Waals surface area contributed by atoms with Crippen LogP contribution in [0.2, 0.25) is 0 Å². The molecule has 2 aliphatic heterocycles. The van der Waals surface area contributed by atoms with E-state index >= 15 is 0 Å². The minimum Gasteiger partial charge on any atom is -0.336 e. The SMILES string of the molecule is C=CCN1C(=O)C(=O)N(CC(=O)N2CCNCC2C)C1=O. The Bertz CT molecular complexity index is 504. The first-order chi connectivity index (χ1) is 9.97. The average Bonchev–Trinajstić information content (AvgIpc) is 2.66. The molecule has 0 aromatic rings. The third kappa shape index (κ3) is 2.80. The van der Waals surface area contributed by atoms with E-state index in [4.69, 9.17) is 0 Å². The van der Waals surface area contributed by atoms with Gasteiger partial charge in [0, 0.05) is 32.2 Å². The van der Waals surface area contributed by atoms with Crippen LogP contribution in [0.25, 0.3) is 0 Å². The summed E-state index contributed by atoms with van der Waals surface area (Å²) in [7, 11) is 0. The van der Waals surface area contributed by atoms with Crippen LogP contribution in [0.5, 0.6) is 0 Å². The van der Waals surface area contributed by atoms with Crippen molar-refractivity contribution in [2.24, 2.45) is 0 Å². The zero-order chi connectivity index (χ0) is 15.6. The molecule has 1 unspecified atom stereocenters. The Kier molecular flexibility index (Phi) is 4.37. The van der Waals surface area contributed by atoms with Gasteiger partial charge in [0.1, 0.15) is 6.54 Å². The average molecular weight is 294 g/mol. The van der Waals surface area contributed by atoms with Gasteiger partial charge in [-0.05, 0) is 6.92 Å². The normalized spacial score (nSPS) is 23.0. The van der Waals surface area contributed by atoms with Crippen LogP contribution in [0.15, 0.2) is 12.7 Å². The number of carbonyl (C=O) groups is 4. The van der Waals surface area contributed by atoms with E-state index in [0.717, 1.165) is 4.90 Å².